The standard InChI is InChI=1S/C16H19N/c1-3-13-8-6-9-14(11-13)16(17)15-10-5-4-7-12(15)2/h4-11,16H,3,17H2,1-2H3. The molecule has 0 heterocycles. The lowest BCUT2D eigenvalue weighted by atomic mass is 9.94. The van der Waals surface area contributed by atoms with E-state index in [1.807, 2.05) is 12.1 Å². The third-order valence-electron chi connectivity index (χ3n) is 3.24. The van der Waals surface area contributed by atoms with Crippen LogP contribution in [0.2, 0.25) is 0 Å². The molecule has 2 aromatic rings. The summed E-state index contributed by atoms with van der Waals surface area (Å²) in [7, 11) is 0. The van der Waals surface area contributed by atoms with E-state index >= 15 is 0 Å². The van der Waals surface area contributed by atoms with E-state index in [4.69, 9.17) is 5.73 Å². The van der Waals surface area contributed by atoms with E-state index in [0.29, 0.717) is 0 Å². The Morgan fingerprint density at radius 3 is 2.53 bits per heavy atom. The molecule has 1 unspecified atom stereocenters. The van der Waals surface area contributed by atoms with Gasteiger partial charge in [0.2, 0.25) is 0 Å². The highest BCUT2D eigenvalue weighted by Gasteiger charge is 2.10. The molecule has 1 nitrogen and oxygen atoms in total. The normalized spacial score (nSPS) is 12.4. The van der Waals surface area contributed by atoms with Crippen LogP contribution < -0.4 is 5.73 Å². The van der Waals surface area contributed by atoms with Gasteiger partial charge in [-0.2, -0.15) is 0 Å². The molecule has 2 rings (SSSR count). The van der Waals surface area contributed by atoms with Crippen LogP contribution in [0.1, 0.15) is 35.2 Å². The summed E-state index contributed by atoms with van der Waals surface area (Å²) in [5, 5.41) is 0. The van der Waals surface area contributed by atoms with Gasteiger partial charge in [0.25, 0.3) is 0 Å². The first-order valence-electron chi connectivity index (χ1n) is 6.12. The fourth-order valence-electron chi connectivity index (χ4n) is 2.12. The molecule has 0 radical (unpaired) electrons. The molecule has 1 atom stereocenters. The van der Waals surface area contributed by atoms with Crippen molar-refractivity contribution >= 4 is 0 Å². The van der Waals surface area contributed by atoms with Crippen LogP contribution >= 0.6 is 0 Å². The van der Waals surface area contributed by atoms with E-state index in [1.54, 1.807) is 0 Å². The zero-order valence-electron chi connectivity index (χ0n) is 10.5. The van der Waals surface area contributed by atoms with Gasteiger partial charge in [0.05, 0.1) is 6.04 Å². The number of rotatable bonds is 3. The van der Waals surface area contributed by atoms with Gasteiger partial charge in [-0.3, -0.25) is 0 Å². The molecule has 0 aliphatic heterocycles. The fourth-order valence-corrected chi connectivity index (χ4v) is 2.12. The first-order chi connectivity index (χ1) is 8.22. The van der Waals surface area contributed by atoms with Crippen molar-refractivity contribution in [2.45, 2.75) is 26.3 Å². The van der Waals surface area contributed by atoms with Crippen molar-refractivity contribution in [2.24, 2.45) is 5.73 Å². The van der Waals surface area contributed by atoms with Crippen LogP contribution in [-0.4, -0.2) is 0 Å². The van der Waals surface area contributed by atoms with Crippen molar-refractivity contribution in [1.29, 1.82) is 0 Å². The van der Waals surface area contributed by atoms with E-state index in [0.717, 1.165) is 6.42 Å². The summed E-state index contributed by atoms with van der Waals surface area (Å²) in [6, 6.07) is 16.8. The molecule has 0 fully saturated rings. The third-order valence-corrected chi connectivity index (χ3v) is 3.24. The molecule has 17 heavy (non-hydrogen) atoms. The quantitative estimate of drug-likeness (QED) is 0.848. The van der Waals surface area contributed by atoms with Crippen molar-refractivity contribution in [3.63, 3.8) is 0 Å². The summed E-state index contributed by atoms with van der Waals surface area (Å²) in [5.74, 6) is 0. The zero-order chi connectivity index (χ0) is 12.3. The molecule has 1 heteroatoms. The summed E-state index contributed by atoms with van der Waals surface area (Å²) in [5.41, 5.74) is 11.3. The number of aryl methyl sites for hydroxylation is 2. The molecule has 0 saturated carbocycles. The Hall–Kier alpha value is -1.60. The minimum absolute atomic E-state index is 0.0253. The molecule has 2 aromatic carbocycles. The van der Waals surface area contributed by atoms with Crippen LogP contribution in [0.3, 0.4) is 0 Å². The monoisotopic (exact) mass is 225 g/mol. The number of benzene rings is 2. The SMILES string of the molecule is CCc1cccc(C(N)c2ccccc2C)c1. The van der Waals surface area contributed by atoms with E-state index in [9.17, 15) is 0 Å². The largest absolute Gasteiger partial charge is 0.320 e. The second kappa shape index (κ2) is 5.15. The lowest BCUT2D eigenvalue weighted by Crippen LogP contribution is -2.13. The summed E-state index contributed by atoms with van der Waals surface area (Å²) in [6.45, 7) is 4.28. The predicted molar refractivity (Wildman–Crippen MR) is 73.0 cm³/mol. The van der Waals surface area contributed by atoms with Crippen LogP contribution in [0.5, 0.6) is 0 Å². The minimum atomic E-state index is -0.0253. The van der Waals surface area contributed by atoms with Gasteiger partial charge >= 0.3 is 0 Å². The first-order valence-corrected chi connectivity index (χ1v) is 6.12. The highest BCUT2D eigenvalue weighted by Crippen LogP contribution is 2.23. The first kappa shape index (κ1) is 11.9. The smallest absolute Gasteiger partial charge is 0.0554 e. The van der Waals surface area contributed by atoms with Crippen LogP contribution in [0.15, 0.2) is 48.5 Å². The zero-order valence-corrected chi connectivity index (χ0v) is 10.5. The molecule has 0 aromatic heterocycles. The maximum Gasteiger partial charge on any atom is 0.0554 e. The van der Waals surface area contributed by atoms with Crippen molar-refractivity contribution in [1.82, 2.24) is 0 Å². The van der Waals surface area contributed by atoms with Crippen LogP contribution in [-0.2, 0) is 6.42 Å². The average Bonchev–Trinajstić information content (AvgIpc) is 2.38. The van der Waals surface area contributed by atoms with Gasteiger partial charge in [0.1, 0.15) is 0 Å². The maximum atomic E-state index is 6.34. The van der Waals surface area contributed by atoms with Gasteiger partial charge in [-0.25, -0.2) is 0 Å². The Bertz CT molecular complexity index is 502. The Morgan fingerprint density at radius 2 is 1.82 bits per heavy atom. The number of hydrogen-bond donors (Lipinski definition) is 1. The lowest BCUT2D eigenvalue weighted by molar-refractivity contribution is 0.858. The van der Waals surface area contributed by atoms with Crippen molar-refractivity contribution in [2.75, 3.05) is 0 Å². The highest BCUT2D eigenvalue weighted by atomic mass is 14.6. The van der Waals surface area contributed by atoms with E-state index in [2.05, 4.69) is 50.2 Å². The topological polar surface area (TPSA) is 26.0 Å². The van der Waals surface area contributed by atoms with Gasteiger partial charge in [-0.1, -0.05) is 55.5 Å². The number of nitrogens with two attached hydrogens (primary N) is 1. The highest BCUT2D eigenvalue weighted by molar-refractivity contribution is 5.37. The Labute approximate surface area is 103 Å². The molecule has 0 bridgehead atoms. The van der Waals surface area contributed by atoms with Crippen LogP contribution in [0.25, 0.3) is 0 Å². The van der Waals surface area contributed by atoms with Crippen molar-refractivity contribution < 1.29 is 0 Å². The van der Waals surface area contributed by atoms with E-state index in [-0.39, 0.29) is 6.04 Å². The van der Waals surface area contributed by atoms with E-state index < -0.39 is 0 Å². The second-order valence-corrected chi connectivity index (χ2v) is 4.43. The molecular formula is C16H19N. The van der Waals surface area contributed by atoms with Crippen LogP contribution in [0, 0.1) is 6.92 Å². The predicted octanol–water partition coefficient (Wildman–Crippen LogP) is 3.61. The van der Waals surface area contributed by atoms with Crippen molar-refractivity contribution in [3.05, 3.63) is 70.8 Å². The molecule has 88 valence electrons. The fraction of sp³-hybridized carbons (Fsp3) is 0.250. The van der Waals surface area contributed by atoms with Gasteiger partial charge in [-0.05, 0) is 35.6 Å². The summed E-state index contributed by atoms with van der Waals surface area (Å²) < 4.78 is 0. The van der Waals surface area contributed by atoms with Gasteiger partial charge in [0.15, 0.2) is 0 Å². The molecule has 0 saturated heterocycles. The maximum absolute atomic E-state index is 6.34. The third kappa shape index (κ3) is 2.56. The van der Waals surface area contributed by atoms with Gasteiger partial charge < -0.3 is 5.73 Å². The van der Waals surface area contributed by atoms with Gasteiger partial charge in [-0.15, -0.1) is 0 Å². The summed E-state index contributed by atoms with van der Waals surface area (Å²) in [4.78, 5) is 0. The Balaban J connectivity index is 2.37. The molecule has 0 aliphatic rings. The van der Waals surface area contributed by atoms with Gasteiger partial charge in [0, 0.05) is 0 Å². The Morgan fingerprint density at radius 1 is 1.06 bits per heavy atom. The molecular weight excluding hydrogens is 206 g/mol. The lowest BCUT2D eigenvalue weighted by Gasteiger charge is -2.15. The van der Waals surface area contributed by atoms with E-state index in [1.165, 1.54) is 22.3 Å². The average molecular weight is 225 g/mol. The number of hydrogen-bond acceptors (Lipinski definition) is 1. The Kier molecular flexibility index (Phi) is 3.60. The molecule has 0 aliphatic carbocycles. The second-order valence-electron chi connectivity index (χ2n) is 4.43. The summed E-state index contributed by atoms with van der Waals surface area (Å²) >= 11 is 0. The molecule has 0 amide bonds. The van der Waals surface area contributed by atoms with Crippen molar-refractivity contribution in [3.8, 4) is 0 Å². The molecule has 2 N–H and O–H groups in total. The molecule has 0 spiro atoms. The summed E-state index contributed by atoms with van der Waals surface area (Å²) in [6.07, 6.45) is 1.05. The van der Waals surface area contributed by atoms with Crippen LogP contribution in [0.4, 0.5) is 0 Å². The minimum Gasteiger partial charge on any atom is -0.320 e.